The highest BCUT2D eigenvalue weighted by Crippen LogP contribution is 2.37. The molecule has 0 bridgehead atoms. The SMILES string of the molecule is CCC1CN(C)CCCN1C1(CN)CCCC1. The molecule has 1 saturated heterocycles. The number of nitrogens with two attached hydrogens (primary N) is 1. The highest BCUT2D eigenvalue weighted by Gasteiger charge is 2.41. The normalized spacial score (nSPS) is 31.6. The summed E-state index contributed by atoms with van der Waals surface area (Å²) in [6, 6.07) is 0.712. The van der Waals surface area contributed by atoms with Gasteiger partial charge in [-0.1, -0.05) is 19.8 Å². The highest BCUT2D eigenvalue weighted by atomic mass is 15.3. The van der Waals surface area contributed by atoms with Crippen LogP contribution in [0.25, 0.3) is 0 Å². The second-order valence-electron chi connectivity index (χ2n) is 6.01. The summed E-state index contributed by atoms with van der Waals surface area (Å²) >= 11 is 0. The smallest absolute Gasteiger partial charge is 0.0335 e. The van der Waals surface area contributed by atoms with Crippen LogP contribution in [-0.4, -0.2) is 54.6 Å². The Morgan fingerprint density at radius 1 is 1.18 bits per heavy atom. The molecular formula is C14H29N3. The molecular weight excluding hydrogens is 210 g/mol. The van der Waals surface area contributed by atoms with E-state index in [4.69, 9.17) is 5.73 Å². The molecule has 1 aliphatic heterocycles. The van der Waals surface area contributed by atoms with Crippen molar-refractivity contribution in [1.29, 1.82) is 0 Å². The van der Waals surface area contributed by atoms with E-state index < -0.39 is 0 Å². The first kappa shape index (κ1) is 13.3. The van der Waals surface area contributed by atoms with Gasteiger partial charge in [-0.15, -0.1) is 0 Å². The third-order valence-corrected chi connectivity index (χ3v) is 4.90. The summed E-state index contributed by atoms with van der Waals surface area (Å²) in [7, 11) is 2.26. The Balaban J connectivity index is 2.15. The van der Waals surface area contributed by atoms with E-state index >= 15 is 0 Å². The molecule has 0 radical (unpaired) electrons. The van der Waals surface area contributed by atoms with Gasteiger partial charge in [-0.2, -0.15) is 0 Å². The van der Waals surface area contributed by atoms with Crippen molar-refractivity contribution in [3.05, 3.63) is 0 Å². The van der Waals surface area contributed by atoms with Gasteiger partial charge in [0.1, 0.15) is 0 Å². The minimum atomic E-state index is 0.339. The molecule has 1 heterocycles. The Kier molecular flexibility index (Phi) is 4.45. The van der Waals surface area contributed by atoms with Gasteiger partial charge in [0, 0.05) is 31.2 Å². The number of hydrogen-bond acceptors (Lipinski definition) is 3. The maximum absolute atomic E-state index is 6.15. The summed E-state index contributed by atoms with van der Waals surface area (Å²) < 4.78 is 0. The van der Waals surface area contributed by atoms with Crippen LogP contribution in [0, 0.1) is 0 Å². The zero-order valence-corrected chi connectivity index (χ0v) is 11.6. The summed E-state index contributed by atoms with van der Waals surface area (Å²) in [6.07, 6.45) is 7.95. The summed E-state index contributed by atoms with van der Waals surface area (Å²) in [4.78, 5) is 5.27. The van der Waals surface area contributed by atoms with Gasteiger partial charge >= 0.3 is 0 Å². The zero-order valence-electron chi connectivity index (χ0n) is 11.6. The van der Waals surface area contributed by atoms with E-state index in [-0.39, 0.29) is 0 Å². The lowest BCUT2D eigenvalue weighted by Gasteiger charge is -2.45. The Morgan fingerprint density at radius 3 is 2.47 bits per heavy atom. The first-order valence-corrected chi connectivity index (χ1v) is 7.37. The molecule has 100 valence electrons. The Labute approximate surface area is 106 Å². The van der Waals surface area contributed by atoms with E-state index in [1.54, 1.807) is 0 Å². The van der Waals surface area contributed by atoms with Gasteiger partial charge < -0.3 is 10.6 Å². The van der Waals surface area contributed by atoms with Crippen LogP contribution in [0.2, 0.25) is 0 Å². The van der Waals surface area contributed by atoms with E-state index in [0.717, 1.165) is 6.54 Å². The van der Waals surface area contributed by atoms with Crippen LogP contribution in [-0.2, 0) is 0 Å². The second-order valence-corrected chi connectivity index (χ2v) is 6.01. The topological polar surface area (TPSA) is 32.5 Å². The molecule has 1 saturated carbocycles. The molecule has 2 fully saturated rings. The van der Waals surface area contributed by atoms with E-state index in [0.29, 0.717) is 11.6 Å². The molecule has 2 aliphatic rings. The fourth-order valence-electron chi connectivity index (χ4n) is 3.86. The fourth-order valence-corrected chi connectivity index (χ4v) is 3.86. The van der Waals surface area contributed by atoms with Crippen molar-refractivity contribution in [2.45, 2.75) is 57.0 Å². The quantitative estimate of drug-likeness (QED) is 0.813. The standard InChI is InChI=1S/C14H29N3/c1-3-13-11-16(2)9-6-10-17(13)14(12-15)7-4-5-8-14/h13H,3-12,15H2,1-2H3. The first-order valence-electron chi connectivity index (χ1n) is 7.37. The van der Waals surface area contributed by atoms with Gasteiger partial charge in [-0.3, -0.25) is 4.90 Å². The maximum Gasteiger partial charge on any atom is 0.0335 e. The van der Waals surface area contributed by atoms with E-state index in [2.05, 4.69) is 23.8 Å². The Bertz CT molecular complexity index is 236. The molecule has 0 aromatic rings. The fraction of sp³-hybridized carbons (Fsp3) is 1.00. The molecule has 0 amide bonds. The van der Waals surface area contributed by atoms with Crippen molar-refractivity contribution in [3.8, 4) is 0 Å². The third-order valence-electron chi connectivity index (χ3n) is 4.90. The van der Waals surface area contributed by atoms with Gasteiger partial charge in [0.2, 0.25) is 0 Å². The average Bonchev–Trinajstić information content (AvgIpc) is 2.74. The monoisotopic (exact) mass is 239 g/mol. The lowest BCUT2D eigenvalue weighted by Crippen LogP contribution is -2.57. The third kappa shape index (κ3) is 2.67. The van der Waals surface area contributed by atoms with Crippen LogP contribution in [0.1, 0.15) is 45.4 Å². The molecule has 3 nitrogen and oxygen atoms in total. The predicted molar refractivity (Wildman–Crippen MR) is 73.2 cm³/mol. The molecule has 0 aromatic carbocycles. The van der Waals surface area contributed by atoms with E-state index in [1.807, 2.05) is 0 Å². The number of nitrogens with zero attached hydrogens (tertiary/aromatic N) is 2. The van der Waals surface area contributed by atoms with Crippen molar-refractivity contribution in [3.63, 3.8) is 0 Å². The molecule has 0 aromatic heterocycles. The number of likely N-dealkylation sites (N-methyl/N-ethyl adjacent to an activating group) is 1. The van der Waals surface area contributed by atoms with E-state index in [1.165, 1.54) is 58.2 Å². The average molecular weight is 239 g/mol. The van der Waals surface area contributed by atoms with Gasteiger partial charge in [0.05, 0.1) is 0 Å². The molecule has 1 atom stereocenters. The summed E-state index contributed by atoms with van der Waals surface area (Å²) in [6.45, 7) is 6.90. The van der Waals surface area contributed by atoms with Gasteiger partial charge in [0.15, 0.2) is 0 Å². The van der Waals surface area contributed by atoms with Crippen LogP contribution < -0.4 is 5.73 Å². The number of rotatable bonds is 3. The molecule has 17 heavy (non-hydrogen) atoms. The largest absolute Gasteiger partial charge is 0.329 e. The molecule has 2 rings (SSSR count). The molecule has 1 aliphatic carbocycles. The zero-order chi connectivity index (χ0) is 12.3. The second kappa shape index (κ2) is 5.68. The minimum Gasteiger partial charge on any atom is -0.329 e. The Morgan fingerprint density at radius 2 is 1.88 bits per heavy atom. The van der Waals surface area contributed by atoms with E-state index in [9.17, 15) is 0 Å². The lowest BCUT2D eigenvalue weighted by molar-refractivity contribution is 0.0511. The van der Waals surface area contributed by atoms with Crippen molar-refractivity contribution in [2.24, 2.45) is 5.73 Å². The molecule has 2 N–H and O–H groups in total. The van der Waals surface area contributed by atoms with Gasteiger partial charge in [0.25, 0.3) is 0 Å². The molecule has 1 unspecified atom stereocenters. The van der Waals surface area contributed by atoms with Crippen molar-refractivity contribution >= 4 is 0 Å². The van der Waals surface area contributed by atoms with Crippen molar-refractivity contribution < 1.29 is 0 Å². The lowest BCUT2D eigenvalue weighted by atomic mass is 9.92. The highest BCUT2D eigenvalue weighted by molar-refractivity contribution is 4.99. The van der Waals surface area contributed by atoms with Crippen LogP contribution in [0.5, 0.6) is 0 Å². The molecule has 3 heteroatoms. The van der Waals surface area contributed by atoms with Crippen LogP contribution in [0.15, 0.2) is 0 Å². The van der Waals surface area contributed by atoms with Gasteiger partial charge in [-0.05, 0) is 39.3 Å². The summed E-state index contributed by atoms with van der Waals surface area (Å²) in [5.74, 6) is 0. The van der Waals surface area contributed by atoms with Crippen molar-refractivity contribution in [1.82, 2.24) is 9.80 Å². The van der Waals surface area contributed by atoms with Crippen LogP contribution >= 0.6 is 0 Å². The number of hydrogen-bond donors (Lipinski definition) is 1. The Hall–Kier alpha value is -0.120. The predicted octanol–water partition coefficient (Wildman–Crippen LogP) is 1.67. The summed E-state index contributed by atoms with van der Waals surface area (Å²) in [5.41, 5.74) is 6.49. The van der Waals surface area contributed by atoms with Crippen LogP contribution in [0.4, 0.5) is 0 Å². The minimum absolute atomic E-state index is 0.339. The first-order chi connectivity index (χ1) is 8.22. The van der Waals surface area contributed by atoms with Crippen LogP contribution in [0.3, 0.4) is 0 Å². The van der Waals surface area contributed by atoms with Crippen molar-refractivity contribution in [2.75, 3.05) is 33.2 Å². The summed E-state index contributed by atoms with van der Waals surface area (Å²) in [5, 5.41) is 0. The maximum atomic E-state index is 6.15. The molecule has 0 spiro atoms. The van der Waals surface area contributed by atoms with Gasteiger partial charge in [-0.25, -0.2) is 0 Å².